The van der Waals surface area contributed by atoms with E-state index in [1.165, 1.54) is 44.9 Å². The van der Waals surface area contributed by atoms with Crippen LogP contribution in [0.4, 0.5) is 0 Å². The molecule has 3 N–H and O–H groups in total. The molecule has 4 aliphatic rings. The zero-order chi connectivity index (χ0) is 14.8. The Morgan fingerprint density at radius 3 is 2.67 bits per heavy atom. The summed E-state index contributed by atoms with van der Waals surface area (Å²) in [7, 11) is 0. The maximum absolute atomic E-state index is 10.1. The lowest BCUT2D eigenvalue weighted by atomic mass is 9.44. The van der Waals surface area contributed by atoms with Gasteiger partial charge in [-0.15, -0.1) is 0 Å². The van der Waals surface area contributed by atoms with E-state index >= 15 is 0 Å². The van der Waals surface area contributed by atoms with Crippen LogP contribution >= 0.6 is 0 Å². The van der Waals surface area contributed by atoms with Crippen molar-refractivity contribution in [1.82, 2.24) is 0 Å². The van der Waals surface area contributed by atoms with Crippen molar-refractivity contribution in [3.05, 3.63) is 0 Å². The maximum Gasteiger partial charge on any atom is 0.0543 e. The molecule has 4 rings (SSSR count). The molecule has 4 saturated carbocycles. The van der Waals surface area contributed by atoms with Crippen LogP contribution in [0.15, 0.2) is 0 Å². The highest BCUT2D eigenvalue weighted by molar-refractivity contribution is 5.11. The second kappa shape index (κ2) is 4.71. The largest absolute Gasteiger partial charge is 0.393 e. The molecular weight excluding hydrogens is 258 g/mol. The molecule has 0 bridgehead atoms. The number of aliphatic hydroxyl groups is 1. The Balaban J connectivity index is 1.67. The average molecular weight is 291 g/mol. The Morgan fingerprint density at radius 2 is 1.86 bits per heavy atom. The average Bonchev–Trinajstić information content (AvgIpc) is 2.80. The van der Waals surface area contributed by atoms with E-state index in [1.807, 2.05) is 0 Å². The van der Waals surface area contributed by atoms with Crippen molar-refractivity contribution in [2.45, 2.75) is 83.8 Å². The van der Waals surface area contributed by atoms with Crippen LogP contribution in [-0.4, -0.2) is 17.3 Å². The minimum absolute atomic E-state index is 0.0452. The molecular formula is C19H33NO. The first-order chi connectivity index (χ1) is 9.94. The molecule has 0 aliphatic heterocycles. The summed E-state index contributed by atoms with van der Waals surface area (Å²) in [5, 5.41) is 10.1. The normalized spacial score (nSPS) is 60.0. The fourth-order valence-electron chi connectivity index (χ4n) is 7.51. The van der Waals surface area contributed by atoms with Gasteiger partial charge in [0.1, 0.15) is 0 Å². The van der Waals surface area contributed by atoms with Crippen molar-refractivity contribution in [2.24, 2.45) is 40.2 Å². The highest BCUT2D eigenvalue weighted by atomic mass is 16.3. The third-order valence-electron chi connectivity index (χ3n) is 8.41. The molecule has 0 aromatic carbocycles. The maximum atomic E-state index is 10.1. The molecule has 0 saturated heterocycles. The lowest BCUT2D eigenvalue weighted by Gasteiger charge is -2.62. The van der Waals surface area contributed by atoms with Gasteiger partial charge in [-0.2, -0.15) is 0 Å². The van der Waals surface area contributed by atoms with Gasteiger partial charge in [0, 0.05) is 6.04 Å². The van der Waals surface area contributed by atoms with Crippen molar-refractivity contribution >= 4 is 0 Å². The van der Waals surface area contributed by atoms with Crippen LogP contribution in [0.1, 0.15) is 71.6 Å². The monoisotopic (exact) mass is 291 g/mol. The molecule has 0 radical (unpaired) electrons. The molecule has 0 heterocycles. The van der Waals surface area contributed by atoms with Gasteiger partial charge in [-0.3, -0.25) is 0 Å². The summed E-state index contributed by atoms with van der Waals surface area (Å²) < 4.78 is 0. The van der Waals surface area contributed by atoms with Crippen LogP contribution in [-0.2, 0) is 0 Å². The second-order valence-corrected chi connectivity index (χ2v) is 9.42. The van der Waals surface area contributed by atoms with E-state index in [0.717, 1.165) is 36.5 Å². The van der Waals surface area contributed by atoms with Crippen molar-refractivity contribution in [2.75, 3.05) is 0 Å². The van der Waals surface area contributed by atoms with Gasteiger partial charge in [-0.25, -0.2) is 0 Å². The van der Waals surface area contributed by atoms with Crippen LogP contribution in [0.2, 0.25) is 0 Å². The summed E-state index contributed by atoms with van der Waals surface area (Å²) in [4.78, 5) is 0. The Hall–Kier alpha value is -0.0800. The minimum atomic E-state index is -0.0452. The van der Waals surface area contributed by atoms with E-state index in [-0.39, 0.29) is 6.10 Å². The highest BCUT2D eigenvalue weighted by Gasteiger charge is 2.60. The molecule has 0 aromatic rings. The Labute approximate surface area is 129 Å². The summed E-state index contributed by atoms with van der Waals surface area (Å²) in [6.45, 7) is 5.05. The van der Waals surface area contributed by atoms with Crippen LogP contribution in [0.5, 0.6) is 0 Å². The fourth-order valence-corrected chi connectivity index (χ4v) is 7.51. The molecule has 0 spiro atoms. The van der Waals surface area contributed by atoms with E-state index in [1.54, 1.807) is 0 Å². The summed E-state index contributed by atoms with van der Waals surface area (Å²) in [5.41, 5.74) is 7.74. The summed E-state index contributed by atoms with van der Waals surface area (Å²) in [5.74, 6) is 3.25. The van der Waals surface area contributed by atoms with Crippen molar-refractivity contribution < 1.29 is 5.11 Å². The number of aliphatic hydroxyl groups excluding tert-OH is 1. The van der Waals surface area contributed by atoms with E-state index in [2.05, 4.69) is 13.8 Å². The van der Waals surface area contributed by atoms with Crippen LogP contribution in [0.25, 0.3) is 0 Å². The molecule has 0 aromatic heterocycles. The van der Waals surface area contributed by atoms with Gasteiger partial charge in [0.05, 0.1) is 6.10 Å². The lowest BCUT2D eigenvalue weighted by molar-refractivity contribution is -0.129. The van der Waals surface area contributed by atoms with E-state index in [4.69, 9.17) is 5.73 Å². The highest BCUT2D eigenvalue weighted by Crippen LogP contribution is 2.65. The number of fused-ring (bicyclic) bond motifs is 5. The summed E-state index contributed by atoms with van der Waals surface area (Å²) >= 11 is 0. The first kappa shape index (κ1) is 14.5. The van der Waals surface area contributed by atoms with E-state index < -0.39 is 0 Å². The number of hydrogen-bond acceptors (Lipinski definition) is 2. The topological polar surface area (TPSA) is 46.2 Å². The Kier molecular flexibility index (Phi) is 3.25. The Bertz CT molecular complexity index is 424. The molecule has 8 atom stereocenters. The van der Waals surface area contributed by atoms with Gasteiger partial charge >= 0.3 is 0 Å². The predicted molar refractivity (Wildman–Crippen MR) is 85.7 cm³/mol. The van der Waals surface area contributed by atoms with Crippen molar-refractivity contribution in [3.63, 3.8) is 0 Å². The molecule has 4 fully saturated rings. The zero-order valence-corrected chi connectivity index (χ0v) is 13.9. The van der Waals surface area contributed by atoms with E-state index in [0.29, 0.717) is 16.9 Å². The molecule has 120 valence electrons. The number of rotatable bonds is 0. The summed E-state index contributed by atoms with van der Waals surface area (Å²) in [6.07, 6.45) is 11.5. The third kappa shape index (κ3) is 1.97. The molecule has 4 aliphatic carbocycles. The van der Waals surface area contributed by atoms with Gasteiger partial charge in [0.25, 0.3) is 0 Å². The van der Waals surface area contributed by atoms with Crippen LogP contribution in [0.3, 0.4) is 0 Å². The quantitative estimate of drug-likeness (QED) is 0.714. The second-order valence-electron chi connectivity index (χ2n) is 9.42. The third-order valence-corrected chi connectivity index (χ3v) is 8.41. The molecule has 1 unspecified atom stereocenters. The molecule has 2 heteroatoms. The smallest absolute Gasteiger partial charge is 0.0543 e. The first-order valence-corrected chi connectivity index (χ1v) is 9.38. The molecule has 21 heavy (non-hydrogen) atoms. The number of nitrogens with two attached hydrogens (primary N) is 1. The number of hydrogen-bond donors (Lipinski definition) is 2. The predicted octanol–water partition coefficient (Wildman–Crippen LogP) is 3.72. The van der Waals surface area contributed by atoms with Crippen molar-refractivity contribution in [1.29, 1.82) is 0 Å². The van der Waals surface area contributed by atoms with Gasteiger partial charge < -0.3 is 10.8 Å². The van der Waals surface area contributed by atoms with Gasteiger partial charge in [0.15, 0.2) is 0 Å². The molecule has 2 nitrogen and oxygen atoms in total. The van der Waals surface area contributed by atoms with Gasteiger partial charge in [-0.1, -0.05) is 20.3 Å². The van der Waals surface area contributed by atoms with Crippen molar-refractivity contribution in [3.8, 4) is 0 Å². The zero-order valence-electron chi connectivity index (χ0n) is 13.9. The first-order valence-electron chi connectivity index (χ1n) is 9.38. The lowest BCUT2D eigenvalue weighted by Crippen LogP contribution is -2.60. The summed E-state index contributed by atoms with van der Waals surface area (Å²) in [6, 6.07) is 0.400. The van der Waals surface area contributed by atoms with Crippen LogP contribution in [0, 0.1) is 34.5 Å². The SMILES string of the molecule is C[C@@]12CCC[C@H]1[C@@H]1CCC3C[C@@H](O)CC[C@]3(C)[C@H]1[C@H](N)C2. The standard InChI is InChI=1S/C19H33NO/c1-18-8-3-4-15(18)14-6-5-12-10-13(21)7-9-19(12,2)17(14)16(20)11-18/h12-17,21H,3-11,20H2,1-2H3/t12?,13-,14-,15-,16+,17+,18-,19-/m0/s1. The van der Waals surface area contributed by atoms with Crippen LogP contribution < -0.4 is 5.73 Å². The fraction of sp³-hybridized carbons (Fsp3) is 1.00. The Morgan fingerprint density at radius 1 is 1.05 bits per heavy atom. The van der Waals surface area contributed by atoms with Gasteiger partial charge in [0.2, 0.25) is 0 Å². The van der Waals surface area contributed by atoms with E-state index in [9.17, 15) is 5.11 Å². The minimum Gasteiger partial charge on any atom is -0.393 e. The molecule has 0 amide bonds. The van der Waals surface area contributed by atoms with Gasteiger partial charge in [-0.05, 0) is 85.9 Å².